The van der Waals surface area contributed by atoms with Crippen molar-refractivity contribution in [3.63, 3.8) is 0 Å². The molecule has 0 unspecified atom stereocenters. The van der Waals surface area contributed by atoms with Crippen LogP contribution < -0.4 is 15.5 Å². The van der Waals surface area contributed by atoms with Gasteiger partial charge in [0.2, 0.25) is 0 Å². The average molecular weight is 457 g/mol. The number of quaternary nitrogens is 1. The van der Waals surface area contributed by atoms with Gasteiger partial charge in [-0.05, 0) is 53.6 Å². The van der Waals surface area contributed by atoms with Crippen molar-refractivity contribution in [3.05, 3.63) is 95.2 Å². The van der Waals surface area contributed by atoms with E-state index in [1.54, 1.807) is 30.3 Å². The first-order chi connectivity index (χ1) is 16.1. The number of carbonyl (C=O) groups is 1. The molecule has 7 heteroatoms. The van der Waals surface area contributed by atoms with E-state index < -0.39 is 0 Å². The minimum Gasteiger partial charge on any atom is -0.508 e. The SMILES string of the molecule is C[N+](C)(C)c1ccc(CNC(=O)c2cc3cc(O)ccc3n2Cc2cccc(C(=N)N)c2)cc1. The van der Waals surface area contributed by atoms with Crippen molar-refractivity contribution >= 4 is 28.3 Å². The molecule has 0 aliphatic heterocycles. The summed E-state index contributed by atoms with van der Waals surface area (Å²) < 4.78 is 2.65. The van der Waals surface area contributed by atoms with Crippen molar-refractivity contribution in [2.24, 2.45) is 5.73 Å². The smallest absolute Gasteiger partial charge is 0.268 e. The summed E-state index contributed by atoms with van der Waals surface area (Å²) in [6.45, 7) is 0.833. The predicted molar refractivity (Wildman–Crippen MR) is 137 cm³/mol. The van der Waals surface area contributed by atoms with E-state index in [9.17, 15) is 9.90 Å². The highest BCUT2D eigenvalue weighted by molar-refractivity contribution is 5.99. The van der Waals surface area contributed by atoms with Gasteiger partial charge in [-0.3, -0.25) is 14.7 Å². The van der Waals surface area contributed by atoms with Crippen LogP contribution in [0.4, 0.5) is 5.69 Å². The van der Waals surface area contributed by atoms with Crippen molar-refractivity contribution in [2.75, 3.05) is 21.1 Å². The first kappa shape index (κ1) is 23.1. The van der Waals surface area contributed by atoms with Crippen LogP contribution in [0.25, 0.3) is 10.9 Å². The molecule has 0 fully saturated rings. The van der Waals surface area contributed by atoms with E-state index >= 15 is 0 Å². The molecule has 4 aromatic rings. The summed E-state index contributed by atoms with van der Waals surface area (Å²) in [5.41, 5.74) is 10.7. The van der Waals surface area contributed by atoms with Crippen LogP contribution in [0.5, 0.6) is 5.75 Å². The predicted octanol–water partition coefficient (Wildman–Crippen LogP) is 3.81. The number of hydrogen-bond donors (Lipinski definition) is 4. The van der Waals surface area contributed by atoms with Crippen LogP contribution in [0.15, 0.2) is 72.8 Å². The molecule has 1 aromatic heterocycles. The number of carbonyl (C=O) groups excluding carboxylic acids is 1. The molecule has 7 nitrogen and oxygen atoms in total. The third-order valence-electron chi connectivity index (χ3n) is 5.86. The first-order valence-electron chi connectivity index (χ1n) is 11.1. The second-order valence-corrected chi connectivity index (χ2v) is 9.33. The molecule has 1 amide bonds. The second kappa shape index (κ2) is 9.03. The molecule has 0 radical (unpaired) electrons. The summed E-state index contributed by atoms with van der Waals surface area (Å²) in [5, 5.41) is 21.4. The lowest BCUT2D eigenvalue weighted by Crippen LogP contribution is -2.34. The highest BCUT2D eigenvalue weighted by Crippen LogP contribution is 2.26. The Labute approximate surface area is 199 Å². The molecule has 0 bridgehead atoms. The Balaban J connectivity index is 1.61. The Morgan fingerprint density at radius 1 is 1.00 bits per heavy atom. The lowest BCUT2D eigenvalue weighted by Gasteiger charge is -2.23. The Morgan fingerprint density at radius 2 is 1.74 bits per heavy atom. The highest BCUT2D eigenvalue weighted by Gasteiger charge is 2.17. The molecule has 0 aliphatic rings. The van der Waals surface area contributed by atoms with Gasteiger partial charge < -0.3 is 20.7 Å². The standard InChI is InChI=1S/C27H29N5O2/c1-32(2,3)22-9-7-18(8-10-22)16-30-27(34)25-15-21-14-23(33)11-12-24(21)31(25)17-19-5-4-6-20(13-19)26(28)29/h4-15H,16-17H2,1-3H3,(H4-,28,29,30,33,34)/p+1. The second-order valence-electron chi connectivity index (χ2n) is 9.33. The summed E-state index contributed by atoms with van der Waals surface area (Å²) in [6, 6.07) is 22.5. The van der Waals surface area contributed by atoms with Gasteiger partial charge in [-0.2, -0.15) is 0 Å². The van der Waals surface area contributed by atoms with Gasteiger partial charge in [-0.25, -0.2) is 0 Å². The fourth-order valence-electron chi connectivity index (χ4n) is 3.97. The summed E-state index contributed by atoms with van der Waals surface area (Å²) in [6.07, 6.45) is 0. The number of hydrogen-bond acceptors (Lipinski definition) is 3. The van der Waals surface area contributed by atoms with E-state index in [4.69, 9.17) is 11.1 Å². The number of nitrogen functional groups attached to an aromatic ring is 1. The minimum absolute atomic E-state index is 0.00150. The van der Waals surface area contributed by atoms with Crippen LogP contribution in [-0.2, 0) is 13.1 Å². The summed E-state index contributed by atoms with van der Waals surface area (Å²) in [7, 11) is 6.33. The molecule has 5 N–H and O–H groups in total. The molecule has 0 saturated carbocycles. The first-order valence-corrected chi connectivity index (χ1v) is 11.1. The van der Waals surface area contributed by atoms with Crippen LogP contribution in [0.3, 0.4) is 0 Å². The highest BCUT2D eigenvalue weighted by atomic mass is 16.3. The molecule has 0 atom stereocenters. The molecule has 34 heavy (non-hydrogen) atoms. The lowest BCUT2D eigenvalue weighted by molar-refractivity contribution is 0.0942. The van der Waals surface area contributed by atoms with Gasteiger partial charge in [0.1, 0.15) is 23.0 Å². The number of nitrogens with two attached hydrogens (primary N) is 1. The number of benzene rings is 3. The Hall–Kier alpha value is -4.10. The van der Waals surface area contributed by atoms with E-state index in [0.717, 1.165) is 26.5 Å². The zero-order valence-electron chi connectivity index (χ0n) is 19.7. The van der Waals surface area contributed by atoms with Gasteiger partial charge in [0.15, 0.2) is 0 Å². The van der Waals surface area contributed by atoms with E-state index in [0.29, 0.717) is 24.3 Å². The molecule has 3 aromatic carbocycles. The number of amidine groups is 1. The number of amides is 1. The average Bonchev–Trinajstić information content (AvgIpc) is 3.14. The zero-order chi connectivity index (χ0) is 24.5. The third kappa shape index (κ3) is 4.94. The molecular weight excluding hydrogens is 426 g/mol. The minimum atomic E-state index is -0.200. The number of nitrogens with one attached hydrogen (secondary N) is 2. The van der Waals surface area contributed by atoms with Crippen molar-refractivity contribution in [1.29, 1.82) is 5.41 Å². The summed E-state index contributed by atoms with van der Waals surface area (Å²) in [4.78, 5) is 13.2. The van der Waals surface area contributed by atoms with Gasteiger partial charge in [0.05, 0.1) is 21.1 Å². The van der Waals surface area contributed by atoms with Gasteiger partial charge in [-0.15, -0.1) is 0 Å². The van der Waals surface area contributed by atoms with E-state index in [1.165, 1.54) is 5.69 Å². The van der Waals surface area contributed by atoms with Gasteiger partial charge in [0, 0.05) is 29.6 Å². The van der Waals surface area contributed by atoms with E-state index in [1.807, 2.05) is 34.9 Å². The maximum absolute atomic E-state index is 13.2. The number of nitrogens with zero attached hydrogens (tertiary/aromatic N) is 2. The fraction of sp³-hybridized carbons (Fsp3) is 0.185. The van der Waals surface area contributed by atoms with Gasteiger partial charge >= 0.3 is 0 Å². The summed E-state index contributed by atoms with van der Waals surface area (Å²) in [5.74, 6) is -0.0556. The maximum Gasteiger partial charge on any atom is 0.268 e. The topological polar surface area (TPSA) is 104 Å². The van der Waals surface area contributed by atoms with Gasteiger partial charge in [0.25, 0.3) is 5.91 Å². The Bertz CT molecular complexity index is 1360. The molecule has 1 heterocycles. The zero-order valence-corrected chi connectivity index (χ0v) is 19.7. The lowest BCUT2D eigenvalue weighted by atomic mass is 10.1. The van der Waals surface area contributed by atoms with E-state index in [2.05, 4.69) is 38.6 Å². The number of aromatic nitrogens is 1. The van der Waals surface area contributed by atoms with Crippen LogP contribution in [0, 0.1) is 5.41 Å². The maximum atomic E-state index is 13.2. The Kier molecular flexibility index (Phi) is 6.13. The molecular formula is C27H30N5O2+. The monoisotopic (exact) mass is 456 g/mol. The van der Waals surface area contributed by atoms with E-state index in [-0.39, 0.29) is 17.5 Å². The molecule has 0 aliphatic carbocycles. The van der Waals surface area contributed by atoms with Crippen LogP contribution in [-0.4, -0.2) is 42.6 Å². The van der Waals surface area contributed by atoms with Crippen LogP contribution in [0.2, 0.25) is 0 Å². The Morgan fingerprint density at radius 3 is 2.41 bits per heavy atom. The van der Waals surface area contributed by atoms with Crippen LogP contribution in [0.1, 0.15) is 27.2 Å². The fourth-order valence-corrected chi connectivity index (χ4v) is 3.97. The normalized spacial score (nSPS) is 11.5. The molecule has 0 saturated heterocycles. The number of fused-ring (bicyclic) bond motifs is 1. The molecule has 174 valence electrons. The van der Waals surface area contributed by atoms with Crippen molar-refractivity contribution < 1.29 is 9.90 Å². The number of aromatic hydroxyl groups is 1. The number of phenols is 1. The van der Waals surface area contributed by atoms with Crippen LogP contribution >= 0.6 is 0 Å². The third-order valence-corrected chi connectivity index (χ3v) is 5.86. The van der Waals surface area contributed by atoms with Crippen molar-refractivity contribution in [3.8, 4) is 5.75 Å². The molecule has 0 spiro atoms. The van der Waals surface area contributed by atoms with Gasteiger partial charge in [-0.1, -0.05) is 30.3 Å². The van der Waals surface area contributed by atoms with Crippen molar-refractivity contribution in [2.45, 2.75) is 13.1 Å². The largest absolute Gasteiger partial charge is 0.508 e. The quantitative estimate of drug-likeness (QED) is 0.193. The molecule has 4 rings (SSSR count). The number of phenolic OH excluding ortho intramolecular Hbond substituents is 1. The summed E-state index contributed by atoms with van der Waals surface area (Å²) >= 11 is 0. The number of rotatable bonds is 7. The van der Waals surface area contributed by atoms with Crippen molar-refractivity contribution in [1.82, 2.24) is 14.4 Å².